The Morgan fingerprint density at radius 3 is 2.68 bits per heavy atom. The number of rotatable bonds is 4. The molecule has 2 aromatic carbocycles. The molecule has 2 heterocycles. The van der Waals surface area contributed by atoms with Crippen molar-refractivity contribution in [3.8, 4) is 5.75 Å². The molecule has 1 amide bonds. The number of piperidine rings is 1. The zero-order chi connectivity index (χ0) is 19.3. The molecule has 1 aliphatic rings. The summed E-state index contributed by atoms with van der Waals surface area (Å²) >= 11 is 6.13. The fourth-order valence-corrected chi connectivity index (χ4v) is 3.62. The second kappa shape index (κ2) is 8.44. The molecule has 0 N–H and O–H groups in total. The Kier molecular flexibility index (Phi) is 5.58. The van der Waals surface area contributed by atoms with Crippen molar-refractivity contribution in [3.63, 3.8) is 0 Å². The van der Waals surface area contributed by atoms with E-state index in [0.29, 0.717) is 18.1 Å². The average molecular weight is 393 g/mol. The maximum atomic E-state index is 12.5. The summed E-state index contributed by atoms with van der Waals surface area (Å²) in [7, 11) is 0. The van der Waals surface area contributed by atoms with Gasteiger partial charge in [0.15, 0.2) is 0 Å². The highest BCUT2D eigenvalue weighted by Crippen LogP contribution is 2.26. The molecule has 0 saturated carbocycles. The standard InChI is InChI=1S/C23H21ClN2O2/c24-20-8-2-1-5-17(20)10-11-22(27)26-15-12-19(13-16-26)28-21-9-3-6-18-7-4-14-25-23(18)21/h1-11,14,19H,12-13,15-16H2/b11-10+. The molecule has 4 nitrogen and oxygen atoms in total. The number of pyridine rings is 1. The number of benzene rings is 2. The van der Waals surface area contributed by atoms with Crippen molar-refractivity contribution >= 4 is 34.5 Å². The van der Waals surface area contributed by atoms with Crippen molar-refractivity contribution in [2.75, 3.05) is 13.1 Å². The van der Waals surface area contributed by atoms with E-state index in [2.05, 4.69) is 4.98 Å². The number of aromatic nitrogens is 1. The van der Waals surface area contributed by atoms with Crippen LogP contribution in [-0.4, -0.2) is 35.0 Å². The van der Waals surface area contributed by atoms with Crippen LogP contribution in [0.15, 0.2) is 66.9 Å². The van der Waals surface area contributed by atoms with Gasteiger partial charge in [0.2, 0.25) is 5.91 Å². The molecule has 5 heteroatoms. The van der Waals surface area contributed by atoms with Gasteiger partial charge in [0.05, 0.1) is 0 Å². The van der Waals surface area contributed by atoms with Gasteiger partial charge in [-0.1, -0.05) is 48.0 Å². The molecule has 0 unspecified atom stereocenters. The van der Waals surface area contributed by atoms with E-state index in [1.807, 2.05) is 59.5 Å². The smallest absolute Gasteiger partial charge is 0.246 e. The minimum absolute atomic E-state index is 0.00481. The van der Waals surface area contributed by atoms with Crippen LogP contribution in [0, 0.1) is 0 Å². The zero-order valence-electron chi connectivity index (χ0n) is 15.4. The van der Waals surface area contributed by atoms with Crippen molar-refractivity contribution in [3.05, 3.63) is 77.5 Å². The molecule has 3 aromatic rings. The minimum atomic E-state index is 0.00481. The summed E-state index contributed by atoms with van der Waals surface area (Å²) in [6.45, 7) is 1.35. The lowest BCUT2D eigenvalue weighted by Gasteiger charge is -2.31. The van der Waals surface area contributed by atoms with E-state index < -0.39 is 0 Å². The summed E-state index contributed by atoms with van der Waals surface area (Å²) < 4.78 is 6.21. The van der Waals surface area contributed by atoms with Crippen LogP contribution in [0.4, 0.5) is 0 Å². The normalized spacial score (nSPS) is 15.2. The van der Waals surface area contributed by atoms with Gasteiger partial charge < -0.3 is 9.64 Å². The van der Waals surface area contributed by atoms with Crippen molar-refractivity contribution in [1.82, 2.24) is 9.88 Å². The minimum Gasteiger partial charge on any atom is -0.488 e. The van der Waals surface area contributed by atoms with Crippen molar-refractivity contribution < 1.29 is 9.53 Å². The Labute approximate surface area is 169 Å². The van der Waals surface area contributed by atoms with E-state index in [0.717, 1.165) is 35.1 Å². The predicted molar refractivity (Wildman–Crippen MR) is 112 cm³/mol. The fourth-order valence-electron chi connectivity index (χ4n) is 3.42. The molecule has 1 saturated heterocycles. The van der Waals surface area contributed by atoms with Crippen LogP contribution in [0.2, 0.25) is 5.02 Å². The van der Waals surface area contributed by atoms with Crippen LogP contribution in [0.5, 0.6) is 5.75 Å². The SMILES string of the molecule is O=C(/C=C/c1ccccc1Cl)N1CCC(Oc2cccc3cccnc23)CC1. The van der Waals surface area contributed by atoms with Gasteiger partial charge in [-0.15, -0.1) is 0 Å². The second-order valence-electron chi connectivity index (χ2n) is 6.83. The summed E-state index contributed by atoms with van der Waals surface area (Å²) in [6, 6.07) is 17.4. The third-order valence-electron chi connectivity index (χ3n) is 4.95. The van der Waals surface area contributed by atoms with Crippen molar-refractivity contribution in [2.45, 2.75) is 18.9 Å². The van der Waals surface area contributed by atoms with E-state index in [9.17, 15) is 4.79 Å². The molecule has 1 fully saturated rings. The van der Waals surface area contributed by atoms with E-state index in [1.165, 1.54) is 0 Å². The summed E-state index contributed by atoms with van der Waals surface area (Å²) in [5.74, 6) is 0.812. The Morgan fingerprint density at radius 2 is 1.86 bits per heavy atom. The first-order valence-corrected chi connectivity index (χ1v) is 9.80. The van der Waals surface area contributed by atoms with E-state index >= 15 is 0 Å². The molecule has 0 bridgehead atoms. The molecule has 0 radical (unpaired) electrons. The maximum absolute atomic E-state index is 12.5. The number of carbonyl (C=O) groups is 1. The Morgan fingerprint density at radius 1 is 1.07 bits per heavy atom. The zero-order valence-corrected chi connectivity index (χ0v) is 16.2. The molecule has 28 heavy (non-hydrogen) atoms. The topological polar surface area (TPSA) is 42.4 Å². The lowest BCUT2D eigenvalue weighted by molar-refractivity contribution is -0.127. The molecule has 0 atom stereocenters. The number of fused-ring (bicyclic) bond motifs is 1. The number of likely N-dealkylation sites (tertiary alicyclic amines) is 1. The highest BCUT2D eigenvalue weighted by Gasteiger charge is 2.23. The largest absolute Gasteiger partial charge is 0.488 e. The second-order valence-corrected chi connectivity index (χ2v) is 7.24. The highest BCUT2D eigenvalue weighted by atomic mass is 35.5. The van der Waals surface area contributed by atoms with Crippen LogP contribution in [0.25, 0.3) is 17.0 Å². The monoisotopic (exact) mass is 392 g/mol. The van der Waals surface area contributed by atoms with Crippen molar-refractivity contribution in [1.29, 1.82) is 0 Å². The van der Waals surface area contributed by atoms with E-state index in [-0.39, 0.29) is 12.0 Å². The molecule has 4 rings (SSSR count). The molecule has 1 aliphatic heterocycles. The molecule has 142 valence electrons. The molecular weight excluding hydrogens is 372 g/mol. The molecule has 1 aromatic heterocycles. The molecule has 0 aliphatic carbocycles. The van der Waals surface area contributed by atoms with Gasteiger partial charge in [0, 0.05) is 48.6 Å². The van der Waals surface area contributed by atoms with Crippen LogP contribution in [0.1, 0.15) is 18.4 Å². The first-order valence-electron chi connectivity index (χ1n) is 9.42. The Balaban J connectivity index is 1.35. The quantitative estimate of drug-likeness (QED) is 0.588. The van der Waals surface area contributed by atoms with E-state index in [4.69, 9.17) is 16.3 Å². The lowest BCUT2D eigenvalue weighted by atomic mass is 10.1. The summed E-state index contributed by atoms with van der Waals surface area (Å²) in [5.41, 5.74) is 1.73. The lowest BCUT2D eigenvalue weighted by Crippen LogP contribution is -2.41. The first kappa shape index (κ1) is 18.5. The van der Waals surface area contributed by atoms with Crippen LogP contribution in [-0.2, 0) is 4.79 Å². The van der Waals surface area contributed by atoms with Gasteiger partial charge in [-0.05, 0) is 29.8 Å². The van der Waals surface area contributed by atoms with Crippen LogP contribution < -0.4 is 4.74 Å². The van der Waals surface area contributed by atoms with Gasteiger partial charge in [-0.25, -0.2) is 0 Å². The number of ether oxygens (including phenoxy) is 1. The fraction of sp³-hybridized carbons (Fsp3) is 0.217. The molecular formula is C23H21ClN2O2. The number of hydrogen-bond donors (Lipinski definition) is 0. The first-order chi connectivity index (χ1) is 13.7. The van der Waals surface area contributed by atoms with Crippen LogP contribution in [0.3, 0.4) is 0 Å². The summed E-state index contributed by atoms with van der Waals surface area (Å²) in [5, 5.41) is 1.71. The Hall–Kier alpha value is -2.85. The maximum Gasteiger partial charge on any atom is 0.246 e. The van der Waals surface area contributed by atoms with Gasteiger partial charge in [-0.2, -0.15) is 0 Å². The van der Waals surface area contributed by atoms with Gasteiger partial charge in [0.1, 0.15) is 17.4 Å². The number of carbonyl (C=O) groups excluding carboxylic acids is 1. The summed E-state index contributed by atoms with van der Waals surface area (Å²) in [6.07, 6.45) is 6.83. The van der Waals surface area contributed by atoms with E-state index in [1.54, 1.807) is 18.3 Å². The number of amides is 1. The van der Waals surface area contributed by atoms with Gasteiger partial charge in [0.25, 0.3) is 0 Å². The average Bonchev–Trinajstić information content (AvgIpc) is 2.74. The van der Waals surface area contributed by atoms with Gasteiger partial charge >= 0.3 is 0 Å². The van der Waals surface area contributed by atoms with Crippen LogP contribution >= 0.6 is 11.6 Å². The number of para-hydroxylation sites is 1. The summed E-state index contributed by atoms with van der Waals surface area (Å²) in [4.78, 5) is 18.8. The van der Waals surface area contributed by atoms with Crippen molar-refractivity contribution in [2.24, 2.45) is 0 Å². The molecule has 0 spiro atoms. The number of halogens is 1. The van der Waals surface area contributed by atoms with Gasteiger partial charge in [-0.3, -0.25) is 9.78 Å². The third-order valence-corrected chi connectivity index (χ3v) is 5.30. The third kappa shape index (κ3) is 4.18. The Bertz CT molecular complexity index is 1000. The predicted octanol–water partition coefficient (Wildman–Crippen LogP) is 4.97. The number of hydrogen-bond acceptors (Lipinski definition) is 3. The number of nitrogens with zero attached hydrogens (tertiary/aromatic N) is 2. The highest BCUT2D eigenvalue weighted by molar-refractivity contribution is 6.32.